The summed E-state index contributed by atoms with van der Waals surface area (Å²) < 4.78 is 6.02. The van der Waals surface area contributed by atoms with Crippen LogP contribution in [-0.2, 0) is 12.8 Å². The number of hydrogen-bond acceptors (Lipinski definition) is 6. The predicted molar refractivity (Wildman–Crippen MR) is 121 cm³/mol. The van der Waals surface area contributed by atoms with Gasteiger partial charge in [-0.25, -0.2) is 0 Å². The third-order valence-corrected chi connectivity index (χ3v) is 6.13. The van der Waals surface area contributed by atoms with Crippen molar-refractivity contribution >= 4 is 37.9 Å². The molecule has 1 aromatic heterocycles. The summed E-state index contributed by atoms with van der Waals surface area (Å²) in [4.78, 5) is 13.5. The molecule has 162 valence electrons. The molecule has 7 heteroatoms. The van der Waals surface area contributed by atoms with Crippen molar-refractivity contribution in [1.29, 1.82) is 0 Å². The summed E-state index contributed by atoms with van der Waals surface area (Å²) in [6.45, 7) is 8.10. The van der Waals surface area contributed by atoms with Gasteiger partial charge in [0.25, 0.3) is 0 Å². The molecule has 0 saturated heterocycles. The fourth-order valence-electron chi connectivity index (χ4n) is 3.62. The molecule has 0 saturated carbocycles. The van der Waals surface area contributed by atoms with Crippen molar-refractivity contribution in [3.8, 4) is 23.0 Å². The number of halogens is 1. The van der Waals surface area contributed by atoms with Crippen LogP contribution in [0.3, 0.4) is 0 Å². The van der Waals surface area contributed by atoms with E-state index in [0.717, 1.165) is 0 Å². The number of benzene rings is 2. The highest BCUT2D eigenvalue weighted by atomic mass is 79.9. The molecule has 3 rings (SSSR count). The Morgan fingerprint density at radius 2 is 1.43 bits per heavy atom. The molecule has 0 spiro atoms. The molecule has 1 heterocycles. The van der Waals surface area contributed by atoms with E-state index in [4.69, 9.17) is 4.42 Å². The van der Waals surface area contributed by atoms with Crippen molar-refractivity contribution in [2.24, 2.45) is 11.8 Å². The Labute approximate surface area is 182 Å². The topological polar surface area (TPSA) is 111 Å². The summed E-state index contributed by atoms with van der Waals surface area (Å²) in [7, 11) is 0. The highest BCUT2D eigenvalue weighted by Gasteiger charge is 2.25. The number of phenols is 4. The molecule has 0 unspecified atom stereocenters. The van der Waals surface area contributed by atoms with Crippen LogP contribution in [0.5, 0.6) is 23.0 Å². The molecule has 0 aliphatic heterocycles. The Balaban J connectivity index is 2.41. The van der Waals surface area contributed by atoms with Crippen LogP contribution in [0.25, 0.3) is 21.9 Å². The lowest BCUT2D eigenvalue weighted by Crippen LogP contribution is -2.08. The standard InChI is InChI=1S/C23H27BrO6/c1-10(2)5-7-12-16-15(9-14(25)19(12)26)30-23-17(22(16)29)20(27)13(8-6-11(3)4)21(28)18(23)24/h9-11,25-28H,5-8H2,1-4H3. The number of aromatic hydroxyl groups is 4. The quantitative estimate of drug-likeness (QED) is 0.266. The second-order valence-corrected chi connectivity index (χ2v) is 9.38. The van der Waals surface area contributed by atoms with Crippen molar-refractivity contribution < 1.29 is 24.8 Å². The van der Waals surface area contributed by atoms with Gasteiger partial charge in [-0.05, 0) is 53.4 Å². The molecule has 3 aromatic rings. The molecule has 0 amide bonds. The zero-order chi connectivity index (χ0) is 22.3. The van der Waals surface area contributed by atoms with Crippen molar-refractivity contribution in [2.75, 3.05) is 0 Å². The maximum Gasteiger partial charge on any atom is 0.204 e. The van der Waals surface area contributed by atoms with Crippen LogP contribution in [-0.4, -0.2) is 20.4 Å². The maximum absolute atomic E-state index is 13.5. The molecule has 0 fully saturated rings. The second-order valence-electron chi connectivity index (χ2n) is 8.59. The molecular weight excluding hydrogens is 452 g/mol. The van der Waals surface area contributed by atoms with Crippen molar-refractivity contribution in [1.82, 2.24) is 0 Å². The Hall–Kier alpha value is -2.41. The van der Waals surface area contributed by atoms with E-state index in [1.54, 1.807) is 0 Å². The number of hydrogen-bond donors (Lipinski definition) is 4. The number of phenolic OH excluding ortho intramolecular Hbond substituents is 4. The van der Waals surface area contributed by atoms with Crippen molar-refractivity contribution in [3.05, 3.63) is 31.9 Å². The molecule has 0 radical (unpaired) electrons. The first-order valence-corrected chi connectivity index (χ1v) is 10.9. The Morgan fingerprint density at radius 1 is 0.867 bits per heavy atom. The first kappa shape index (κ1) is 22.3. The van der Waals surface area contributed by atoms with E-state index in [0.29, 0.717) is 43.1 Å². The minimum atomic E-state index is -0.510. The van der Waals surface area contributed by atoms with Gasteiger partial charge in [0.05, 0.1) is 5.39 Å². The van der Waals surface area contributed by atoms with Gasteiger partial charge in [-0.1, -0.05) is 27.7 Å². The molecule has 6 nitrogen and oxygen atoms in total. The summed E-state index contributed by atoms with van der Waals surface area (Å²) in [6.07, 6.45) is 2.16. The third kappa shape index (κ3) is 3.83. The Morgan fingerprint density at radius 3 is 2.00 bits per heavy atom. The monoisotopic (exact) mass is 478 g/mol. The number of rotatable bonds is 6. The minimum absolute atomic E-state index is 0.00398. The average molecular weight is 479 g/mol. The summed E-state index contributed by atoms with van der Waals surface area (Å²) >= 11 is 3.29. The van der Waals surface area contributed by atoms with E-state index >= 15 is 0 Å². The Kier molecular flexibility index (Phi) is 6.22. The SMILES string of the molecule is CC(C)CCc1c(O)c(Br)c2oc3cc(O)c(O)c(CCC(C)C)c3c(=O)c2c1O. The van der Waals surface area contributed by atoms with Gasteiger partial charge in [-0.15, -0.1) is 0 Å². The van der Waals surface area contributed by atoms with Gasteiger partial charge >= 0.3 is 0 Å². The zero-order valence-electron chi connectivity index (χ0n) is 17.5. The molecule has 0 atom stereocenters. The van der Waals surface area contributed by atoms with Gasteiger partial charge < -0.3 is 24.8 Å². The summed E-state index contributed by atoms with van der Waals surface area (Å²) in [5.41, 5.74) is 0.138. The molecule has 2 aromatic carbocycles. The lowest BCUT2D eigenvalue weighted by atomic mass is 9.95. The zero-order valence-corrected chi connectivity index (χ0v) is 19.1. The largest absolute Gasteiger partial charge is 0.507 e. The van der Waals surface area contributed by atoms with E-state index in [1.165, 1.54) is 6.07 Å². The third-order valence-electron chi connectivity index (χ3n) is 5.40. The summed E-state index contributed by atoms with van der Waals surface area (Å²) in [5, 5.41) is 42.1. The van der Waals surface area contributed by atoms with Gasteiger partial charge in [-0.2, -0.15) is 0 Å². The van der Waals surface area contributed by atoms with Crippen LogP contribution in [0.1, 0.15) is 51.7 Å². The van der Waals surface area contributed by atoms with Gasteiger partial charge in [0, 0.05) is 17.2 Å². The minimum Gasteiger partial charge on any atom is -0.507 e. The normalized spacial score (nSPS) is 12.0. The van der Waals surface area contributed by atoms with Crippen molar-refractivity contribution in [3.63, 3.8) is 0 Å². The van der Waals surface area contributed by atoms with Crippen LogP contribution in [0, 0.1) is 11.8 Å². The van der Waals surface area contributed by atoms with E-state index in [-0.39, 0.29) is 55.0 Å². The maximum atomic E-state index is 13.5. The first-order chi connectivity index (χ1) is 14.0. The summed E-state index contributed by atoms with van der Waals surface area (Å²) in [5.74, 6) is -0.574. The van der Waals surface area contributed by atoms with E-state index < -0.39 is 5.43 Å². The van der Waals surface area contributed by atoms with Crippen LogP contribution in [0.2, 0.25) is 0 Å². The van der Waals surface area contributed by atoms with Gasteiger partial charge in [-0.3, -0.25) is 4.79 Å². The second kappa shape index (κ2) is 8.38. The molecule has 0 aliphatic carbocycles. The van der Waals surface area contributed by atoms with Gasteiger partial charge in [0.15, 0.2) is 17.1 Å². The lowest BCUT2D eigenvalue weighted by Gasteiger charge is -2.16. The fraction of sp³-hybridized carbons (Fsp3) is 0.435. The van der Waals surface area contributed by atoms with Crippen LogP contribution in [0.4, 0.5) is 0 Å². The van der Waals surface area contributed by atoms with E-state index in [9.17, 15) is 25.2 Å². The molecule has 0 bridgehead atoms. The number of fused-ring (bicyclic) bond motifs is 2. The first-order valence-electron chi connectivity index (χ1n) is 10.1. The Bertz CT molecular complexity index is 1180. The predicted octanol–water partition coefficient (Wildman–Crippen LogP) is 5.71. The molecular formula is C23H27BrO6. The molecule has 4 N–H and O–H groups in total. The highest BCUT2D eigenvalue weighted by molar-refractivity contribution is 9.10. The van der Waals surface area contributed by atoms with Crippen molar-refractivity contribution in [2.45, 2.75) is 53.4 Å². The molecule has 0 aliphatic rings. The van der Waals surface area contributed by atoms with E-state index in [2.05, 4.69) is 15.9 Å². The summed E-state index contributed by atoms with van der Waals surface area (Å²) in [6, 6.07) is 1.18. The number of aryl methyl sites for hydroxylation is 1. The highest BCUT2D eigenvalue weighted by Crippen LogP contribution is 2.45. The van der Waals surface area contributed by atoms with Gasteiger partial charge in [0.1, 0.15) is 26.9 Å². The van der Waals surface area contributed by atoms with E-state index in [1.807, 2.05) is 27.7 Å². The van der Waals surface area contributed by atoms with Gasteiger partial charge in [0.2, 0.25) is 5.43 Å². The van der Waals surface area contributed by atoms with Crippen LogP contribution in [0.15, 0.2) is 19.8 Å². The smallest absolute Gasteiger partial charge is 0.204 e. The lowest BCUT2D eigenvalue weighted by molar-refractivity contribution is 0.398. The van der Waals surface area contributed by atoms with Crippen LogP contribution >= 0.6 is 15.9 Å². The average Bonchev–Trinajstić information content (AvgIpc) is 2.66. The fourth-order valence-corrected chi connectivity index (χ4v) is 4.14. The molecule has 30 heavy (non-hydrogen) atoms. The van der Waals surface area contributed by atoms with Crippen LogP contribution < -0.4 is 5.43 Å².